The van der Waals surface area contributed by atoms with E-state index in [2.05, 4.69) is 15.3 Å². The highest BCUT2D eigenvalue weighted by Gasteiger charge is 2.28. The number of nitrogens with zero attached hydrogens (tertiary/aromatic N) is 3. The average molecular weight is 263 g/mol. The molecule has 3 rings (SSSR count). The molecule has 0 aromatic carbocycles. The number of nitrogens with two attached hydrogens (primary N) is 1. The van der Waals surface area contributed by atoms with E-state index in [9.17, 15) is 4.79 Å². The van der Waals surface area contributed by atoms with Crippen LogP contribution in [0, 0.1) is 0 Å². The van der Waals surface area contributed by atoms with Crippen LogP contribution in [0.5, 0.6) is 5.88 Å². The topological polar surface area (TPSA) is 98.3 Å². The fourth-order valence-electron chi connectivity index (χ4n) is 2.48. The van der Waals surface area contributed by atoms with Gasteiger partial charge >= 0.3 is 5.69 Å². The lowest BCUT2D eigenvalue weighted by atomic mass is 9.83. The molecule has 2 aromatic heterocycles. The van der Waals surface area contributed by atoms with Crippen molar-refractivity contribution in [2.45, 2.75) is 37.6 Å². The van der Waals surface area contributed by atoms with Crippen molar-refractivity contribution < 1.29 is 4.74 Å². The Kier molecular flexibility index (Phi) is 2.98. The lowest BCUT2D eigenvalue weighted by Crippen LogP contribution is -2.47. The number of hydrogen-bond acceptors (Lipinski definition) is 5. The second-order valence-corrected chi connectivity index (χ2v) is 5.18. The van der Waals surface area contributed by atoms with Crippen molar-refractivity contribution in [3.05, 3.63) is 22.6 Å². The molecule has 0 aliphatic heterocycles. The van der Waals surface area contributed by atoms with Crippen LogP contribution in [0.15, 0.2) is 16.9 Å². The Balaban J connectivity index is 1.74. The molecule has 1 fully saturated rings. The molecule has 0 atom stereocenters. The number of ether oxygens (including phenoxy) is 1. The minimum Gasteiger partial charge on any atom is -0.475 e. The molecule has 0 spiro atoms. The lowest BCUT2D eigenvalue weighted by molar-refractivity contribution is 0.167. The third kappa shape index (κ3) is 2.46. The maximum atomic E-state index is 11.4. The van der Waals surface area contributed by atoms with Gasteiger partial charge in [-0.25, -0.2) is 9.89 Å². The molecule has 0 saturated heterocycles. The van der Waals surface area contributed by atoms with Crippen molar-refractivity contribution in [3.8, 4) is 5.88 Å². The summed E-state index contributed by atoms with van der Waals surface area (Å²) >= 11 is 0. The molecule has 2 aromatic rings. The summed E-state index contributed by atoms with van der Waals surface area (Å²) in [6, 6.07) is 3.38. The number of hydrogen-bond donors (Lipinski definition) is 2. The summed E-state index contributed by atoms with van der Waals surface area (Å²) in [4.78, 5) is 11.4. The minimum atomic E-state index is -0.374. The van der Waals surface area contributed by atoms with Gasteiger partial charge in [0, 0.05) is 6.07 Å². The molecule has 19 heavy (non-hydrogen) atoms. The number of nitrogens with one attached hydrogen (secondary N) is 1. The maximum Gasteiger partial charge on any atom is 0.364 e. The van der Waals surface area contributed by atoms with Crippen LogP contribution >= 0.6 is 0 Å². The van der Waals surface area contributed by atoms with E-state index in [1.807, 2.05) is 0 Å². The molecule has 0 amide bonds. The van der Waals surface area contributed by atoms with E-state index in [4.69, 9.17) is 10.5 Å². The van der Waals surface area contributed by atoms with E-state index in [0.717, 1.165) is 25.7 Å². The molecule has 0 radical (unpaired) electrons. The third-order valence-corrected chi connectivity index (χ3v) is 3.61. The predicted octanol–water partition coefficient (Wildman–Crippen LogP) is 0.458. The van der Waals surface area contributed by atoms with Crippen molar-refractivity contribution in [1.29, 1.82) is 0 Å². The van der Waals surface area contributed by atoms with Gasteiger partial charge in [-0.2, -0.15) is 9.61 Å². The van der Waals surface area contributed by atoms with Crippen LogP contribution in [0.25, 0.3) is 5.65 Å². The van der Waals surface area contributed by atoms with Gasteiger partial charge in [-0.05, 0) is 18.9 Å². The summed E-state index contributed by atoms with van der Waals surface area (Å²) in [6.45, 7) is 0.429. The van der Waals surface area contributed by atoms with E-state index in [0.29, 0.717) is 18.1 Å². The summed E-state index contributed by atoms with van der Waals surface area (Å²) in [7, 11) is 0. The summed E-state index contributed by atoms with van der Waals surface area (Å²) in [6.07, 6.45) is 5.48. The summed E-state index contributed by atoms with van der Waals surface area (Å²) in [5.41, 5.74) is 6.12. The minimum absolute atomic E-state index is 0.268. The molecule has 2 heterocycles. The first-order valence-electron chi connectivity index (χ1n) is 6.52. The first-order chi connectivity index (χ1) is 9.16. The molecule has 1 aliphatic rings. The molecular formula is C12H17N5O2. The molecule has 3 N–H and O–H groups in total. The molecule has 102 valence electrons. The number of fused-ring (bicyclic) bond motifs is 1. The van der Waals surface area contributed by atoms with Gasteiger partial charge in [0.05, 0.1) is 5.54 Å². The number of aromatic nitrogens is 4. The van der Waals surface area contributed by atoms with E-state index in [-0.39, 0.29) is 11.2 Å². The third-order valence-electron chi connectivity index (χ3n) is 3.61. The molecule has 7 heteroatoms. The van der Waals surface area contributed by atoms with E-state index >= 15 is 0 Å². The standard InChI is InChI=1S/C12H17N5O2/c13-12(6-2-1-3-7-12)8-19-10-5-4-9-14-15-11(18)17(9)16-10/h4-5H,1-3,6-8,13H2,(H,15,18). The highest BCUT2D eigenvalue weighted by Crippen LogP contribution is 2.26. The largest absolute Gasteiger partial charge is 0.475 e. The van der Waals surface area contributed by atoms with Crippen molar-refractivity contribution in [2.24, 2.45) is 5.73 Å². The Morgan fingerprint density at radius 1 is 1.37 bits per heavy atom. The first kappa shape index (κ1) is 12.2. The van der Waals surface area contributed by atoms with Crippen LogP contribution in [-0.2, 0) is 0 Å². The molecular weight excluding hydrogens is 246 g/mol. The fraction of sp³-hybridized carbons (Fsp3) is 0.583. The second kappa shape index (κ2) is 4.65. The number of H-pyrrole nitrogens is 1. The fourth-order valence-corrected chi connectivity index (χ4v) is 2.48. The Hall–Kier alpha value is -1.89. The highest BCUT2D eigenvalue weighted by molar-refractivity contribution is 5.35. The smallest absolute Gasteiger partial charge is 0.364 e. The van der Waals surface area contributed by atoms with Crippen molar-refractivity contribution in [3.63, 3.8) is 0 Å². The van der Waals surface area contributed by atoms with Crippen LogP contribution in [0.2, 0.25) is 0 Å². The van der Waals surface area contributed by atoms with Crippen LogP contribution in [0.4, 0.5) is 0 Å². The SMILES string of the molecule is NC1(COc2ccc3n[nH]c(=O)n3n2)CCCCC1. The Labute approximate surface area is 109 Å². The molecule has 1 saturated carbocycles. The first-order valence-corrected chi connectivity index (χ1v) is 6.52. The zero-order valence-electron chi connectivity index (χ0n) is 10.6. The van der Waals surface area contributed by atoms with Crippen LogP contribution < -0.4 is 16.2 Å². The van der Waals surface area contributed by atoms with Crippen LogP contribution in [-0.4, -0.2) is 32.0 Å². The monoisotopic (exact) mass is 263 g/mol. The zero-order chi connectivity index (χ0) is 13.3. The average Bonchev–Trinajstić information content (AvgIpc) is 2.79. The second-order valence-electron chi connectivity index (χ2n) is 5.18. The van der Waals surface area contributed by atoms with E-state index in [1.165, 1.54) is 10.9 Å². The van der Waals surface area contributed by atoms with Gasteiger partial charge in [0.2, 0.25) is 5.88 Å². The Morgan fingerprint density at radius 2 is 2.16 bits per heavy atom. The van der Waals surface area contributed by atoms with Crippen LogP contribution in [0.3, 0.4) is 0 Å². The van der Waals surface area contributed by atoms with Gasteiger partial charge in [-0.1, -0.05) is 19.3 Å². The maximum absolute atomic E-state index is 11.4. The lowest BCUT2D eigenvalue weighted by Gasteiger charge is -2.32. The van der Waals surface area contributed by atoms with Gasteiger partial charge in [0.25, 0.3) is 0 Å². The van der Waals surface area contributed by atoms with Gasteiger partial charge in [0.1, 0.15) is 6.61 Å². The molecule has 0 unspecified atom stereocenters. The van der Waals surface area contributed by atoms with Gasteiger partial charge in [-0.15, -0.1) is 5.10 Å². The van der Waals surface area contributed by atoms with Gasteiger partial charge in [-0.3, -0.25) is 0 Å². The van der Waals surface area contributed by atoms with Crippen LogP contribution in [0.1, 0.15) is 32.1 Å². The molecule has 0 bridgehead atoms. The summed E-state index contributed by atoms with van der Waals surface area (Å²) in [5.74, 6) is 0.395. The quantitative estimate of drug-likeness (QED) is 0.838. The van der Waals surface area contributed by atoms with E-state index in [1.54, 1.807) is 12.1 Å². The molecule has 7 nitrogen and oxygen atoms in total. The van der Waals surface area contributed by atoms with Gasteiger partial charge in [0.15, 0.2) is 5.65 Å². The normalized spacial score (nSPS) is 18.6. The predicted molar refractivity (Wildman–Crippen MR) is 69.1 cm³/mol. The summed E-state index contributed by atoms with van der Waals surface area (Å²) < 4.78 is 6.82. The summed E-state index contributed by atoms with van der Waals surface area (Å²) in [5, 5.41) is 10.2. The Bertz CT molecular complexity index is 626. The van der Waals surface area contributed by atoms with E-state index < -0.39 is 0 Å². The van der Waals surface area contributed by atoms with Crippen molar-refractivity contribution in [1.82, 2.24) is 19.8 Å². The number of aromatic amines is 1. The molecule has 1 aliphatic carbocycles. The van der Waals surface area contributed by atoms with Gasteiger partial charge < -0.3 is 10.5 Å². The highest BCUT2D eigenvalue weighted by atomic mass is 16.5. The Morgan fingerprint density at radius 3 is 2.95 bits per heavy atom. The number of rotatable bonds is 3. The van der Waals surface area contributed by atoms with Crippen molar-refractivity contribution in [2.75, 3.05) is 6.61 Å². The van der Waals surface area contributed by atoms with Crippen molar-refractivity contribution >= 4 is 5.65 Å². The zero-order valence-corrected chi connectivity index (χ0v) is 10.6.